The number of carbonyl (C=O) groups is 3. The van der Waals surface area contributed by atoms with Crippen molar-refractivity contribution in [3.8, 4) is 0 Å². The quantitative estimate of drug-likeness (QED) is 0.360. The fraction of sp³-hybridized carbons (Fsp3) is 0.903. The summed E-state index contributed by atoms with van der Waals surface area (Å²) >= 11 is 0. The van der Waals surface area contributed by atoms with Gasteiger partial charge < -0.3 is 9.47 Å². The average Bonchev–Trinajstić information content (AvgIpc) is 3.14. The number of esters is 2. The molecule has 4 fully saturated rings. The van der Waals surface area contributed by atoms with Crippen molar-refractivity contribution in [2.24, 2.45) is 52.3 Å². The van der Waals surface area contributed by atoms with E-state index in [9.17, 15) is 14.4 Å². The van der Waals surface area contributed by atoms with E-state index in [1.54, 1.807) is 6.92 Å². The molecule has 0 aliphatic heterocycles. The lowest BCUT2D eigenvalue weighted by Gasteiger charge is -2.60. The number of carbonyl (C=O) groups excluding carboxylic acids is 3. The molecule has 0 aromatic heterocycles. The summed E-state index contributed by atoms with van der Waals surface area (Å²) < 4.78 is 11.5. The highest BCUT2D eigenvalue weighted by molar-refractivity contribution is 5.83. The summed E-state index contributed by atoms with van der Waals surface area (Å²) in [7, 11) is 0. The van der Waals surface area contributed by atoms with Crippen LogP contribution in [0.25, 0.3) is 0 Å². The van der Waals surface area contributed by atoms with Crippen molar-refractivity contribution in [2.45, 2.75) is 125 Å². The summed E-state index contributed by atoms with van der Waals surface area (Å²) in [4.78, 5) is 37.1. The summed E-state index contributed by atoms with van der Waals surface area (Å²) in [6.07, 6.45) is 9.90. The number of fused-ring (bicyclic) bond motifs is 5. The maximum atomic E-state index is 13.6. The van der Waals surface area contributed by atoms with Gasteiger partial charge in [0.1, 0.15) is 18.0 Å². The van der Waals surface area contributed by atoms with Crippen LogP contribution in [0.4, 0.5) is 0 Å². The maximum absolute atomic E-state index is 13.6. The van der Waals surface area contributed by atoms with Gasteiger partial charge in [-0.1, -0.05) is 34.6 Å². The van der Waals surface area contributed by atoms with E-state index in [0.29, 0.717) is 54.1 Å². The molecule has 0 N–H and O–H groups in total. The minimum atomic E-state index is -0.232. The molecule has 0 aromatic rings. The Morgan fingerprint density at radius 2 is 1.58 bits per heavy atom. The number of rotatable bonds is 7. The molecule has 4 saturated carbocycles. The van der Waals surface area contributed by atoms with Gasteiger partial charge in [-0.3, -0.25) is 14.4 Å². The summed E-state index contributed by atoms with van der Waals surface area (Å²) in [5, 5.41) is 0. The van der Waals surface area contributed by atoms with Gasteiger partial charge in [-0.05, 0) is 104 Å². The van der Waals surface area contributed by atoms with E-state index in [1.165, 1.54) is 32.6 Å². The van der Waals surface area contributed by atoms with E-state index in [1.807, 2.05) is 0 Å². The Hall–Kier alpha value is -1.39. The van der Waals surface area contributed by atoms with Crippen molar-refractivity contribution in [1.29, 1.82) is 0 Å². The Bertz CT molecular complexity index is 850. The first-order valence-corrected chi connectivity index (χ1v) is 14.7. The lowest BCUT2D eigenvalue weighted by molar-refractivity contribution is -0.170. The van der Waals surface area contributed by atoms with Gasteiger partial charge in [-0.15, -0.1) is 0 Å². The second kappa shape index (κ2) is 10.4. The first-order chi connectivity index (χ1) is 16.9. The van der Waals surface area contributed by atoms with E-state index in [-0.39, 0.29) is 40.9 Å². The standard InChI is InChI=1S/C31H50O5/c1-18(2)8-11-29(36-21(5)33)19(3)24-9-10-25-23-17-28(34)27-16-22(35-20(4)32)12-14-31(27,7)26(23)13-15-30(24,25)6/h18-19,22-27,29H,8-17H2,1-7H3. The highest BCUT2D eigenvalue weighted by Crippen LogP contribution is 2.68. The first-order valence-electron chi connectivity index (χ1n) is 14.7. The molecular formula is C31H50O5. The summed E-state index contributed by atoms with van der Waals surface area (Å²) in [6, 6.07) is 0. The van der Waals surface area contributed by atoms with E-state index < -0.39 is 0 Å². The van der Waals surface area contributed by atoms with Crippen molar-refractivity contribution in [3.05, 3.63) is 0 Å². The molecule has 0 amide bonds. The molecule has 5 heteroatoms. The second-order valence-electron chi connectivity index (χ2n) is 13.8. The zero-order chi connectivity index (χ0) is 26.4. The van der Waals surface area contributed by atoms with Crippen LogP contribution in [-0.4, -0.2) is 29.9 Å². The molecule has 204 valence electrons. The molecule has 0 aromatic carbocycles. The topological polar surface area (TPSA) is 69.7 Å². The minimum absolute atomic E-state index is 0.0189. The zero-order valence-corrected chi connectivity index (χ0v) is 23.8. The predicted molar refractivity (Wildman–Crippen MR) is 140 cm³/mol. The minimum Gasteiger partial charge on any atom is -0.463 e. The summed E-state index contributed by atoms with van der Waals surface area (Å²) in [5.41, 5.74) is 0.231. The third kappa shape index (κ3) is 5.01. The monoisotopic (exact) mass is 502 g/mol. The predicted octanol–water partition coefficient (Wildman–Crippen LogP) is 6.76. The average molecular weight is 503 g/mol. The molecule has 4 aliphatic rings. The van der Waals surface area contributed by atoms with Gasteiger partial charge in [0.15, 0.2) is 0 Å². The van der Waals surface area contributed by atoms with E-state index in [0.717, 1.165) is 25.7 Å². The van der Waals surface area contributed by atoms with E-state index in [2.05, 4.69) is 34.6 Å². The van der Waals surface area contributed by atoms with Crippen LogP contribution in [0.5, 0.6) is 0 Å². The normalized spacial score (nSPS) is 41.6. The van der Waals surface area contributed by atoms with Crippen LogP contribution < -0.4 is 0 Å². The summed E-state index contributed by atoms with van der Waals surface area (Å²) in [5.74, 6) is 3.10. The van der Waals surface area contributed by atoms with Crippen LogP contribution in [0.2, 0.25) is 0 Å². The van der Waals surface area contributed by atoms with Crippen LogP contribution in [-0.2, 0) is 23.9 Å². The van der Waals surface area contributed by atoms with Crippen molar-refractivity contribution in [1.82, 2.24) is 0 Å². The van der Waals surface area contributed by atoms with Gasteiger partial charge in [0, 0.05) is 26.2 Å². The van der Waals surface area contributed by atoms with Gasteiger partial charge >= 0.3 is 11.9 Å². The molecule has 5 nitrogen and oxygen atoms in total. The van der Waals surface area contributed by atoms with E-state index in [4.69, 9.17) is 9.47 Å². The third-order valence-corrected chi connectivity index (χ3v) is 11.4. The van der Waals surface area contributed by atoms with Crippen LogP contribution in [0.1, 0.15) is 113 Å². The molecule has 4 aliphatic carbocycles. The van der Waals surface area contributed by atoms with Crippen molar-refractivity contribution < 1.29 is 23.9 Å². The molecule has 10 atom stereocenters. The van der Waals surface area contributed by atoms with E-state index >= 15 is 0 Å². The van der Waals surface area contributed by atoms with Crippen LogP contribution >= 0.6 is 0 Å². The molecule has 0 bridgehead atoms. The Kier molecular flexibility index (Phi) is 7.99. The van der Waals surface area contributed by atoms with Crippen LogP contribution in [0.15, 0.2) is 0 Å². The molecule has 0 heterocycles. The first kappa shape index (κ1) is 27.6. The molecule has 0 radical (unpaired) electrons. The van der Waals surface area contributed by atoms with Gasteiger partial charge in [0.25, 0.3) is 0 Å². The highest BCUT2D eigenvalue weighted by atomic mass is 16.5. The number of ketones is 1. The molecular weight excluding hydrogens is 452 g/mol. The lowest BCUT2D eigenvalue weighted by atomic mass is 9.44. The number of hydrogen-bond acceptors (Lipinski definition) is 5. The molecule has 36 heavy (non-hydrogen) atoms. The third-order valence-electron chi connectivity index (χ3n) is 11.4. The lowest BCUT2D eigenvalue weighted by Crippen LogP contribution is -2.57. The fourth-order valence-corrected chi connectivity index (χ4v) is 9.65. The Balaban J connectivity index is 1.52. The molecule has 10 unspecified atom stereocenters. The maximum Gasteiger partial charge on any atom is 0.302 e. The number of ether oxygens (including phenoxy) is 2. The van der Waals surface area contributed by atoms with Crippen LogP contribution in [0.3, 0.4) is 0 Å². The Labute approximate surface area is 218 Å². The SMILES string of the molecule is CC(=O)OC1CCC2(C)C(C1)C(=O)CC1C2CCC2(C)C(C(C)C(CCC(C)C)OC(C)=O)CCC12. The smallest absolute Gasteiger partial charge is 0.302 e. The Morgan fingerprint density at radius 3 is 2.22 bits per heavy atom. The largest absolute Gasteiger partial charge is 0.463 e. The van der Waals surface area contributed by atoms with Crippen molar-refractivity contribution in [3.63, 3.8) is 0 Å². The number of Topliss-reactive ketones (excluding diaryl/α,β-unsaturated/α-hetero) is 1. The van der Waals surface area contributed by atoms with Crippen LogP contribution in [0, 0.1) is 52.3 Å². The fourth-order valence-electron chi connectivity index (χ4n) is 9.65. The number of hydrogen-bond donors (Lipinski definition) is 0. The van der Waals surface area contributed by atoms with Crippen molar-refractivity contribution >= 4 is 17.7 Å². The zero-order valence-electron chi connectivity index (χ0n) is 23.8. The van der Waals surface area contributed by atoms with Gasteiger partial charge in [0.05, 0.1) is 0 Å². The molecule has 4 rings (SSSR count). The van der Waals surface area contributed by atoms with Gasteiger partial charge in [-0.2, -0.15) is 0 Å². The molecule has 0 saturated heterocycles. The van der Waals surface area contributed by atoms with Crippen molar-refractivity contribution in [2.75, 3.05) is 0 Å². The Morgan fingerprint density at radius 1 is 0.917 bits per heavy atom. The summed E-state index contributed by atoms with van der Waals surface area (Å²) in [6.45, 7) is 14.7. The molecule has 0 spiro atoms. The highest BCUT2D eigenvalue weighted by Gasteiger charge is 2.63. The second-order valence-corrected chi connectivity index (χ2v) is 13.8. The van der Waals surface area contributed by atoms with Gasteiger partial charge in [0.2, 0.25) is 0 Å². The van der Waals surface area contributed by atoms with Gasteiger partial charge in [-0.25, -0.2) is 0 Å².